The summed E-state index contributed by atoms with van der Waals surface area (Å²) in [6.07, 6.45) is 14.5. The van der Waals surface area contributed by atoms with Crippen LogP contribution in [0.2, 0.25) is 0 Å². The molecule has 2 atom stereocenters. The van der Waals surface area contributed by atoms with Crippen LogP contribution in [0.4, 0.5) is 0 Å². The monoisotopic (exact) mass is 301 g/mol. The van der Waals surface area contributed by atoms with Crippen LogP contribution >= 0.6 is 0 Å². The zero-order valence-corrected chi connectivity index (χ0v) is 14.1. The van der Waals surface area contributed by atoms with Gasteiger partial charge in [0.1, 0.15) is 5.78 Å². The number of nitrogens with zero attached hydrogens (tertiary/aromatic N) is 1. The van der Waals surface area contributed by atoms with Crippen LogP contribution < -0.4 is 0 Å². The van der Waals surface area contributed by atoms with Crippen LogP contribution in [0.25, 0.3) is 0 Å². The van der Waals surface area contributed by atoms with E-state index in [0.717, 1.165) is 23.5 Å². The highest BCUT2D eigenvalue weighted by atomic mass is 16.1. The fourth-order valence-electron chi connectivity index (χ4n) is 7.68. The Labute approximate surface area is 135 Å². The van der Waals surface area contributed by atoms with Crippen molar-refractivity contribution in [2.24, 2.45) is 29.1 Å². The molecule has 22 heavy (non-hydrogen) atoms. The molecule has 6 rings (SSSR count). The SMILES string of the molecule is CN1C2CCCC1CC(C(=O)C13CC4CC(CC(C4)C1)C3)C2. The Kier molecular flexibility index (Phi) is 3.07. The van der Waals surface area contributed by atoms with Gasteiger partial charge in [-0.05, 0) is 89.0 Å². The Balaban J connectivity index is 1.38. The lowest BCUT2D eigenvalue weighted by atomic mass is 9.47. The van der Waals surface area contributed by atoms with E-state index in [1.54, 1.807) is 0 Å². The molecule has 4 aliphatic carbocycles. The fraction of sp³-hybridized carbons (Fsp3) is 0.950. The van der Waals surface area contributed by atoms with Gasteiger partial charge in [0.25, 0.3) is 0 Å². The zero-order chi connectivity index (χ0) is 14.9. The number of hydrogen-bond acceptors (Lipinski definition) is 2. The fourth-order valence-corrected chi connectivity index (χ4v) is 7.68. The summed E-state index contributed by atoms with van der Waals surface area (Å²) < 4.78 is 0. The van der Waals surface area contributed by atoms with Crippen molar-refractivity contribution in [1.29, 1.82) is 0 Å². The summed E-state index contributed by atoms with van der Waals surface area (Å²) in [6, 6.07) is 1.41. The molecule has 6 fully saturated rings. The molecular weight excluding hydrogens is 270 g/mol. The van der Waals surface area contributed by atoms with E-state index < -0.39 is 0 Å². The predicted molar refractivity (Wildman–Crippen MR) is 87.5 cm³/mol. The molecule has 0 N–H and O–H groups in total. The van der Waals surface area contributed by atoms with E-state index >= 15 is 0 Å². The van der Waals surface area contributed by atoms with Crippen molar-refractivity contribution in [3.05, 3.63) is 0 Å². The molecule has 2 aliphatic heterocycles. The average molecular weight is 301 g/mol. The second kappa shape index (κ2) is 4.82. The van der Waals surface area contributed by atoms with Crippen LogP contribution in [0.3, 0.4) is 0 Å². The van der Waals surface area contributed by atoms with Crippen molar-refractivity contribution >= 4 is 5.78 Å². The summed E-state index contributed by atoms with van der Waals surface area (Å²) in [7, 11) is 2.31. The predicted octanol–water partition coefficient (Wildman–Crippen LogP) is 4.03. The van der Waals surface area contributed by atoms with Crippen LogP contribution in [-0.4, -0.2) is 29.8 Å². The smallest absolute Gasteiger partial charge is 0.142 e. The topological polar surface area (TPSA) is 20.3 Å². The number of hydrogen-bond donors (Lipinski definition) is 0. The van der Waals surface area contributed by atoms with E-state index in [1.165, 1.54) is 70.6 Å². The summed E-state index contributed by atoms with van der Waals surface area (Å²) in [5.74, 6) is 3.85. The van der Waals surface area contributed by atoms with Gasteiger partial charge in [-0.15, -0.1) is 0 Å². The summed E-state index contributed by atoms with van der Waals surface area (Å²) in [5, 5.41) is 0. The third kappa shape index (κ3) is 1.98. The lowest BCUT2D eigenvalue weighted by molar-refractivity contribution is -0.151. The summed E-state index contributed by atoms with van der Waals surface area (Å²) in [6.45, 7) is 0. The first-order valence-electron chi connectivity index (χ1n) is 9.89. The third-order valence-corrected chi connectivity index (χ3v) is 8.27. The van der Waals surface area contributed by atoms with Crippen molar-refractivity contribution in [2.45, 2.75) is 82.7 Å². The number of carbonyl (C=O) groups is 1. The van der Waals surface area contributed by atoms with Crippen LogP contribution in [-0.2, 0) is 4.79 Å². The largest absolute Gasteiger partial charge is 0.300 e. The minimum absolute atomic E-state index is 0.142. The van der Waals surface area contributed by atoms with E-state index in [-0.39, 0.29) is 5.41 Å². The Hall–Kier alpha value is -0.370. The maximum Gasteiger partial charge on any atom is 0.142 e. The van der Waals surface area contributed by atoms with E-state index in [4.69, 9.17) is 0 Å². The number of Topliss-reactive ketones (excluding diaryl/α,β-unsaturated/α-hetero) is 1. The second-order valence-electron chi connectivity index (χ2n) is 9.63. The molecule has 2 nitrogen and oxygen atoms in total. The molecule has 0 radical (unpaired) electrons. The number of fused-ring (bicyclic) bond motifs is 2. The van der Waals surface area contributed by atoms with Gasteiger partial charge < -0.3 is 4.90 Å². The Morgan fingerprint density at radius 1 is 0.864 bits per heavy atom. The molecular formula is C20H31NO. The Morgan fingerprint density at radius 2 is 1.36 bits per heavy atom. The van der Waals surface area contributed by atoms with Gasteiger partial charge in [0, 0.05) is 23.4 Å². The zero-order valence-electron chi connectivity index (χ0n) is 14.1. The second-order valence-corrected chi connectivity index (χ2v) is 9.63. The first kappa shape index (κ1) is 14.0. The van der Waals surface area contributed by atoms with E-state index in [2.05, 4.69) is 11.9 Å². The Bertz CT molecular complexity index is 435. The number of carbonyl (C=O) groups excluding carboxylic acids is 1. The molecule has 2 heterocycles. The normalized spacial score (nSPS) is 53.7. The summed E-state index contributed by atoms with van der Waals surface area (Å²) >= 11 is 0. The van der Waals surface area contributed by atoms with Crippen LogP contribution in [0.15, 0.2) is 0 Å². The quantitative estimate of drug-likeness (QED) is 0.767. The van der Waals surface area contributed by atoms with E-state index in [1.807, 2.05) is 0 Å². The van der Waals surface area contributed by atoms with Crippen LogP contribution in [0, 0.1) is 29.1 Å². The lowest BCUT2D eigenvalue weighted by Crippen LogP contribution is -2.56. The minimum Gasteiger partial charge on any atom is -0.300 e. The van der Waals surface area contributed by atoms with Gasteiger partial charge in [-0.2, -0.15) is 0 Å². The maximum absolute atomic E-state index is 13.6. The molecule has 0 aromatic carbocycles. The van der Waals surface area contributed by atoms with Gasteiger partial charge in [-0.3, -0.25) is 4.79 Å². The van der Waals surface area contributed by atoms with Gasteiger partial charge in [0.15, 0.2) is 0 Å². The van der Waals surface area contributed by atoms with Crippen molar-refractivity contribution in [3.63, 3.8) is 0 Å². The van der Waals surface area contributed by atoms with Crippen molar-refractivity contribution < 1.29 is 4.79 Å². The molecule has 2 heteroatoms. The standard InChI is InChI=1S/C20H31NO/c1-21-17-3-2-4-18(21)9-16(8-17)19(22)20-10-13-5-14(11-20)7-15(6-13)12-20/h13-18H,2-12H2,1H3. The van der Waals surface area contributed by atoms with Crippen LogP contribution in [0.5, 0.6) is 0 Å². The number of ketones is 1. The molecule has 6 aliphatic rings. The molecule has 6 bridgehead atoms. The van der Waals surface area contributed by atoms with E-state index in [9.17, 15) is 4.79 Å². The van der Waals surface area contributed by atoms with Crippen LogP contribution in [0.1, 0.15) is 70.6 Å². The molecule has 4 saturated carbocycles. The third-order valence-electron chi connectivity index (χ3n) is 8.27. The highest BCUT2D eigenvalue weighted by molar-refractivity contribution is 5.87. The number of piperidine rings is 2. The molecule has 0 amide bonds. The molecule has 122 valence electrons. The van der Waals surface area contributed by atoms with Gasteiger partial charge in [0.05, 0.1) is 0 Å². The van der Waals surface area contributed by atoms with E-state index in [0.29, 0.717) is 18.0 Å². The lowest BCUT2D eigenvalue weighted by Gasteiger charge is -2.57. The first-order chi connectivity index (χ1) is 10.6. The first-order valence-corrected chi connectivity index (χ1v) is 9.89. The van der Waals surface area contributed by atoms with Gasteiger partial charge in [-0.25, -0.2) is 0 Å². The van der Waals surface area contributed by atoms with Crippen molar-refractivity contribution in [1.82, 2.24) is 4.90 Å². The minimum atomic E-state index is 0.142. The van der Waals surface area contributed by atoms with Gasteiger partial charge >= 0.3 is 0 Å². The Morgan fingerprint density at radius 3 is 1.86 bits per heavy atom. The highest BCUT2D eigenvalue weighted by Gasteiger charge is 2.56. The van der Waals surface area contributed by atoms with Crippen molar-refractivity contribution in [3.8, 4) is 0 Å². The molecule has 2 unspecified atom stereocenters. The molecule has 0 aromatic rings. The van der Waals surface area contributed by atoms with Gasteiger partial charge in [-0.1, -0.05) is 6.42 Å². The average Bonchev–Trinajstić information content (AvgIpc) is 2.44. The summed E-state index contributed by atoms with van der Waals surface area (Å²) in [4.78, 5) is 16.2. The highest BCUT2D eigenvalue weighted by Crippen LogP contribution is 2.61. The molecule has 0 aromatic heterocycles. The maximum atomic E-state index is 13.6. The van der Waals surface area contributed by atoms with Gasteiger partial charge in [0.2, 0.25) is 0 Å². The number of rotatable bonds is 2. The summed E-state index contributed by atoms with van der Waals surface area (Å²) in [5.41, 5.74) is 0.142. The molecule has 2 saturated heterocycles. The van der Waals surface area contributed by atoms with Crippen molar-refractivity contribution in [2.75, 3.05) is 7.05 Å². The molecule has 0 spiro atoms.